The molecule has 0 unspecified atom stereocenters. The lowest BCUT2D eigenvalue weighted by molar-refractivity contribution is 0.0768. The van der Waals surface area contributed by atoms with E-state index in [1.165, 1.54) is 11.8 Å². The number of rotatable bonds is 4. The molecular formula is C20H23N3O3. The first kappa shape index (κ1) is 17.0. The molecule has 2 aliphatic heterocycles. The van der Waals surface area contributed by atoms with E-state index in [2.05, 4.69) is 28.1 Å². The summed E-state index contributed by atoms with van der Waals surface area (Å²) in [5.74, 6) is 0.432. The number of likely N-dealkylation sites (tertiary alicyclic amines) is 1. The van der Waals surface area contributed by atoms with E-state index in [1.54, 1.807) is 0 Å². The number of aliphatic hydroxyl groups is 1. The second-order valence-corrected chi connectivity index (χ2v) is 6.91. The molecule has 0 spiro atoms. The van der Waals surface area contributed by atoms with Gasteiger partial charge < -0.3 is 14.4 Å². The van der Waals surface area contributed by atoms with Gasteiger partial charge in [0.05, 0.1) is 12.6 Å². The maximum absolute atomic E-state index is 12.8. The van der Waals surface area contributed by atoms with E-state index in [1.807, 2.05) is 23.1 Å². The fourth-order valence-electron chi connectivity index (χ4n) is 3.57. The van der Waals surface area contributed by atoms with Gasteiger partial charge in [0.2, 0.25) is 5.89 Å². The van der Waals surface area contributed by atoms with Crippen LogP contribution >= 0.6 is 0 Å². The van der Waals surface area contributed by atoms with E-state index in [0.29, 0.717) is 37.8 Å². The molecule has 6 nitrogen and oxygen atoms in total. The number of oxazole rings is 1. The van der Waals surface area contributed by atoms with Gasteiger partial charge in [-0.3, -0.25) is 9.69 Å². The van der Waals surface area contributed by atoms with Gasteiger partial charge >= 0.3 is 0 Å². The van der Waals surface area contributed by atoms with E-state index in [0.717, 1.165) is 24.9 Å². The Hall–Kier alpha value is -2.44. The number of β-amino-alcohol motifs (C(OH)–C–C–N with tert-alkyl or cyclic N) is 1. The molecule has 1 saturated heterocycles. The molecule has 0 radical (unpaired) electrons. The standard InChI is InChI=1S/C20H23N3O3/c24-17-8-10-22(12-17)13-19-21-18(14-26-19)20(25)23-9-4-7-16(11-23)15-5-2-1-3-6-15/h1-3,5-7,14,17,24H,4,8-13H2/t17-/m0/s1. The minimum absolute atomic E-state index is 0.0945. The van der Waals surface area contributed by atoms with Crippen LogP contribution in [0, 0.1) is 0 Å². The van der Waals surface area contributed by atoms with E-state index in [-0.39, 0.29) is 12.0 Å². The molecule has 0 saturated carbocycles. The third-order valence-electron chi connectivity index (χ3n) is 4.96. The van der Waals surface area contributed by atoms with E-state index >= 15 is 0 Å². The van der Waals surface area contributed by atoms with Crippen LogP contribution in [0.15, 0.2) is 47.1 Å². The van der Waals surface area contributed by atoms with Crippen molar-refractivity contribution in [3.05, 3.63) is 59.8 Å². The Labute approximate surface area is 152 Å². The number of hydrogen-bond donors (Lipinski definition) is 1. The lowest BCUT2D eigenvalue weighted by atomic mass is 10.0. The van der Waals surface area contributed by atoms with Crippen molar-refractivity contribution in [2.75, 3.05) is 26.2 Å². The summed E-state index contributed by atoms with van der Waals surface area (Å²) < 4.78 is 5.49. The predicted octanol–water partition coefficient (Wildman–Crippen LogP) is 2.17. The SMILES string of the molecule is O=C(c1coc(CN2CC[C@H](O)C2)n1)N1CCC=C(c2ccccc2)C1. The monoisotopic (exact) mass is 353 g/mol. The molecule has 26 heavy (non-hydrogen) atoms. The van der Waals surface area contributed by atoms with Crippen LogP contribution in [0.25, 0.3) is 5.57 Å². The summed E-state index contributed by atoms with van der Waals surface area (Å²) in [7, 11) is 0. The van der Waals surface area contributed by atoms with Crippen molar-refractivity contribution in [2.45, 2.75) is 25.5 Å². The summed E-state index contributed by atoms with van der Waals surface area (Å²) in [5, 5.41) is 9.60. The first-order valence-corrected chi connectivity index (χ1v) is 9.07. The van der Waals surface area contributed by atoms with Crippen molar-refractivity contribution in [3.63, 3.8) is 0 Å². The topological polar surface area (TPSA) is 69.8 Å². The van der Waals surface area contributed by atoms with Crippen molar-refractivity contribution >= 4 is 11.5 Å². The highest BCUT2D eigenvalue weighted by molar-refractivity contribution is 5.93. The zero-order valence-electron chi connectivity index (χ0n) is 14.7. The number of hydrogen-bond acceptors (Lipinski definition) is 5. The maximum Gasteiger partial charge on any atom is 0.276 e. The summed E-state index contributed by atoms with van der Waals surface area (Å²) in [4.78, 5) is 21.1. The van der Waals surface area contributed by atoms with Gasteiger partial charge in [-0.15, -0.1) is 0 Å². The zero-order chi connectivity index (χ0) is 17.9. The van der Waals surface area contributed by atoms with Crippen LogP contribution < -0.4 is 0 Å². The Bertz CT molecular complexity index is 800. The van der Waals surface area contributed by atoms with Gasteiger partial charge in [0.25, 0.3) is 5.91 Å². The third-order valence-corrected chi connectivity index (χ3v) is 4.96. The fourth-order valence-corrected chi connectivity index (χ4v) is 3.57. The minimum atomic E-state index is -0.275. The molecule has 1 N–H and O–H groups in total. The van der Waals surface area contributed by atoms with Crippen molar-refractivity contribution in [1.29, 1.82) is 0 Å². The Morgan fingerprint density at radius 1 is 1.27 bits per heavy atom. The summed E-state index contributed by atoms with van der Waals surface area (Å²) in [6.07, 6.45) is 4.99. The van der Waals surface area contributed by atoms with Crippen LogP contribution in [0.5, 0.6) is 0 Å². The van der Waals surface area contributed by atoms with Crippen molar-refractivity contribution in [1.82, 2.24) is 14.8 Å². The van der Waals surface area contributed by atoms with Gasteiger partial charge in [0.15, 0.2) is 5.69 Å². The molecule has 1 amide bonds. The number of nitrogens with zero attached hydrogens (tertiary/aromatic N) is 3. The number of carbonyl (C=O) groups is 1. The summed E-state index contributed by atoms with van der Waals surface area (Å²) in [6.45, 7) is 3.26. The van der Waals surface area contributed by atoms with Crippen LogP contribution in [0.2, 0.25) is 0 Å². The summed E-state index contributed by atoms with van der Waals surface area (Å²) >= 11 is 0. The highest BCUT2D eigenvalue weighted by atomic mass is 16.3. The molecular weight excluding hydrogens is 330 g/mol. The van der Waals surface area contributed by atoms with Crippen molar-refractivity contribution in [3.8, 4) is 0 Å². The first-order chi connectivity index (χ1) is 12.7. The number of aromatic nitrogens is 1. The molecule has 2 aliphatic rings. The number of aliphatic hydroxyl groups excluding tert-OH is 1. The number of amides is 1. The lowest BCUT2D eigenvalue weighted by Gasteiger charge is -2.27. The second-order valence-electron chi connectivity index (χ2n) is 6.91. The van der Waals surface area contributed by atoms with E-state index in [9.17, 15) is 9.90 Å². The Balaban J connectivity index is 1.41. The summed E-state index contributed by atoms with van der Waals surface area (Å²) in [6, 6.07) is 10.1. The number of carbonyl (C=O) groups excluding carboxylic acids is 1. The van der Waals surface area contributed by atoms with Gasteiger partial charge in [-0.25, -0.2) is 4.98 Å². The Kier molecular flexibility index (Phi) is 4.86. The van der Waals surface area contributed by atoms with Crippen LogP contribution in [0.1, 0.15) is 34.8 Å². The van der Waals surface area contributed by atoms with Crippen molar-refractivity contribution < 1.29 is 14.3 Å². The molecule has 1 aromatic carbocycles. The molecule has 0 aliphatic carbocycles. The van der Waals surface area contributed by atoms with E-state index < -0.39 is 0 Å². The molecule has 2 aromatic rings. The molecule has 136 valence electrons. The van der Waals surface area contributed by atoms with Crippen molar-refractivity contribution in [2.24, 2.45) is 0 Å². The van der Waals surface area contributed by atoms with Crippen LogP contribution in [-0.4, -0.2) is 58.1 Å². The predicted molar refractivity (Wildman–Crippen MR) is 97.3 cm³/mol. The van der Waals surface area contributed by atoms with Gasteiger partial charge in [-0.1, -0.05) is 36.4 Å². The van der Waals surface area contributed by atoms with Gasteiger partial charge in [-0.2, -0.15) is 0 Å². The smallest absolute Gasteiger partial charge is 0.276 e. The number of benzene rings is 1. The molecule has 1 atom stereocenters. The Morgan fingerprint density at radius 3 is 2.88 bits per heavy atom. The van der Waals surface area contributed by atoms with Gasteiger partial charge in [-0.05, 0) is 24.0 Å². The molecule has 6 heteroatoms. The molecule has 1 fully saturated rings. The highest BCUT2D eigenvalue weighted by Gasteiger charge is 2.25. The lowest BCUT2D eigenvalue weighted by Crippen LogP contribution is -2.35. The molecule has 3 heterocycles. The average Bonchev–Trinajstić information content (AvgIpc) is 3.31. The average molecular weight is 353 g/mol. The maximum atomic E-state index is 12.8. The van der Waals surface area contributed by atoms with Crippen LogP contribution in [0.3, 0.4) is 0 Å². The summed E-state index contributed by atoms with van der Waals surface area (Å²) in [5.41, 5.74) is 2.67. The molecule has 1 aromatic heterocycles. The molecule has 0 bridgehead atoms. The van der Waals surface area contributed by atoms with Crippen LogP contribution in [0.4, 0.5) is 0 Å². The van der Waals surface area contributed by atoms with Gasteiger partial charge in [0.1, 0.15) is 6.26 Å². The van der Waals surface area contributed by atoms with E-state index in [4.69, 9.17) is 4.42 Å². The highest BCUT2D eigenvalue weighted by Crippen LogP contribution is 2.22. The normalized spacial score (nSPS) is 21.0. The van der Waals surface area contributed by atoms with Crippen LogP contribution in [-0.2, 0) is 6.54 Å². The van der Waals surface area contributed by atoms with Gasteiger partial charge in [0, 0.05) is 26.2 Å². The Morgan fingerprint density at radius 2 is 2.12 bits per heavy atom. The molecule has 4 rings (SSSR count). The third kappa shape index (κ3) is 3.71. The quantitative estimate of drug-likeness (QED) is 0.912. The minimum Gasteiger partial charge on any atom is -0.447 e. The zero-order valence-corrected chi connectivity index (χ0v) is 14.7. The second kappa shape index (κ2) is 7.43. The fraction of sp³-hybridized carbons (Fsp3) is 0.400. The first-order valence-electron chi connectivity index (χ1n) is 9.07. The largest absolute Gasteiger partial charge is 0.447 e.